The molecule has 1 amide bonds. The number of nitrogens with one attached hydrogen (secondary N) is 1. The third-order valence-corrected chi connectivity index (χ3v) is 2.80. The minimum absolute atomic E-state index is 0.0518. The van der Waals surface area contributed by atoms with Crippen LogP contribution in [0.1, 0.15) is 22.8 Å². The number of carbonyl (C=O) groups excluding carboxylic acids is 1. The second-order valence-electron chi connectivity index (χ2n) is 4.35. The lowest BCUT2D eigenvalue weighted by Gasteiger charge is -2.05. The van der Waals surface area contributed by atoms with Gasteiger partial charge in [-0.05, 0) is 49.4 Å². The molecule has 0 aliphatic rings. The molecule has 0 spiro atoms. The molecule has 0 saturated carbocycles. The summed E-state index contributed by atoms with van der Waals surface area (Å²) in [6.45, 7) is 1.53. The molecule has 0 unspecified atom stereocenters. The number of phenolic OH excluding ortho intramolecular Hbond substituents is 2. The highest BCUT2D eigenvalue weighted by Crippen LogP contribution is 2.18. The average Bonchev–Trinajstić information content (AvgIpc) is 2.47. The molecule has 3 N–H and O–H groups in total. The van der Waals surface area contributed by atoms with Crippen molar-refractivity contribution in [2.45, 2.75) is 6.92 Å². The lowest BCUT2D eigenvalue weighted by Crippen LogP contribution is -2.19. The molecule has 0 bridgehead atoms. The Labute approximate surface area is 120 Å². The molecule has 0 aliphatic carbocycles. The van der Waals surface area contributed by atoms with Crippen LogP contribution in [0.25, 0.3) is 0 Å². The van der Waals surface area contributed by atoms with Crippen LogP contribution in [0, 0.1) is 5.82 Å². The average molecular weight is 288 g/mol. The maximum Gasteiger partial charge on any atom is 0.271 e. The van der Waals surface area contributed by atoms with Crippen LogP contribution in [0.15, 0.2) is 47.6 Å². The topological polar surface area (TPSA) is 81.9 Å². The van der Waals surface area contributed by atoms with Crippen molar-refractivity contribution in [1.82, 2.24) is 5.43 Å². The van der Waals surface area contributed by atoms with Crippen molar-refractivity contribution in [1.29, 1.82) is 0 Å². The van der Waals surface area contributed by atoms with E-state index in [2.05, 4.69) is 10.5 Å². The Morgan fingerprint density at radius 1 is 1.14 bits per heavy atom. The Hall–Kier alpha value is -2.89. The van der Waals surface area contributed by atoms with Crippen LogP contribution in [0.4, 0.5) is 4.39 Å². The van der Waals surface area contributed by atoms with Crippen molar-refractivity contribution >= 4 is 11.6 Å². The van der Waals surface area contributed by atoms with Gasteiger partial charge in [0.05, 0.1) is 5.71 Å². The fraction of sp³-hybridized carbons (Fsp3) is 0.0667. The molecule has 2 rings (SSSR count). The van der Waals surface area contributed by atoms with E-state index in [9.17, 15) is 14.3 Å². The zero-order valence-corrected chi connectivity index (χ0v) is 11.2. The first-order chi connectivity index (χ1) is 9.97. The number of hydrogen-bond donors (Lipinski definition) is 3. The van der Waals surface area contributed by atoms with E-state index in [0.717, 1.165) is 12.1 Å². The molecule has 0 heterocycles. The summed E-state index contributed by atoms with van der Waals surface area (Å²) in [6, 6.07) is 9.10. The van der Waals surface area contributed by atoms with E-state index in [1.165, 1.54) is 37.3 Å². The Morgan fingerprint density at radius 2 is 1.81 bits per heavy atom. The number of halogens is 1. The van der Waals surface area contributed by atoms with Gasteiger partial charge in [0.2, 0.25) is 0 Å². The van der Waals surface area contributed by atoms with Gasteiger partial charge in [-0.3, -0.25) is 4.79 Å². The summed E-state index contributed by atoms with van der Waals surface area (Å²) in [5.74, 6) is -1.07. The lowest BCUT2D eigenvalue weighted by atomic mass is 10.1. The summed E-state index contributed by atoms with van der Waals surface area (Å²) in [6.07, 6.45) is 0. The van der Waals surface area contributed by atoms with E-state index >= 15 is 0 Å². The van der Waals surface area contributed by atoms with Crippen molar-refractivity contribution in [3.05, 3.63) is 59.4 Å². The molecule has 21 heavy (non-hydrogen) atoms. The van der Waals surface area contributed by atoms with Gasteiger partial charge >= 0.3 is 0 Å². The van der Waals surface area contributed by atoms with Gasteiger partial charge in [-0.15, -0.1) is 0 Å². The largest absolute Gasteiger partial charge is 0.508 e. The SMILES string of the molecule is C/C(=N\NC(=O)c1ccc(O)cc1)c1cc(F)ccc1O. The van der Waals surface area contributed by atoms with Gasteiger partial charge in [0.25, 0.3) is 5.91 Å². The third-order valence-electron chi connectivity index (χ3n) is 2.80. The van der Waals surface area contributed by atoms with Crippen molar-refractivity contribution < 1.29 is 19.4 Å². The van der Waals surface area contributed by atoms with Gasteiger partial charge in [0.15, 0.2) is 0 Å². The van der Waals surface area contributed by atoms with Crippen LogP contribution in [0.5, 0.6) is 11.5 Å². The number of rotatable bonds is 3. The molecule has 5 nitrogen and oxygen atoms in total. The molecule has 0 aromatic heterocycles. The molecule has 108 valence electrons. The van der Waals surface area contributed by atoms with Crippen molar-refractivity contribution in [3.63, 3.8) is 0 Å². The highest BCUT2D eigenvalue weighted by molar-refractivity contribution is 6.02. The Morgan fingerprint density at radius 3 is 2.48 bits per heavy atom. The molecular formula is C15H13FN2O3. The maximum atomic E-state index is 13.1. The van der Waals surface area contributed by atoms with E-state index in [1.807, 2.05) is 0 Å². The van der Waals surface area contributed by atoms with Crippen LogP contribution in [-0.4, -0.2) is 21.8 Å². The fourth-order valence-corrected chi connectivity index (χ4v) is 1.67. The van der Waals surface area contributed by atoms with Gasteiger partial charge in [-0.2, -0.15) is 5.10 Å². The minimum atomic E-state index is -0.512. The number of benzene rings is 2. The second-order valence-corrected chi connectivity index (χ2v) is 4.35. The highest BCUT2D eigenvalue weighted by Gasteiger charge is 2.08. The summed E-state index contributed by atoms with van der Waals surface area (Å²) in [4.78, 5) is 11.8. The Bertz CT molecular complexity index is 697. The first kappa shape index (κ1) is 14.5. The molecular weight excluding hydrogens is 275 g/mol. The van der Waals surface area contributed by atoms with E-state index in [4.69, 9.17) is 5.11 Å². The standard InChI is InChI=1S/C15H13FN2O3/c1-9(13-8-11(16)4-7-14(13)20)17-18-15(21)10-2-5-12(19)6-3-10/h2-8,19-20H,1H3,(H,18,21)/b17-9+. The van der Waals surface area contributed by atoms with E-state index in [1.54, 1.807) is 0 Å². The molecule has 0 saturated heterocycles. The summed E-state index contributed by atoms with van der Waals surface area (Å²) in [5.41, 5.74) is 3.07. The molecule has 2 aromatic carbocycles. The zero-order valence-electron chi connectivity index (χ0n) is 11.2. The van der Waals surface area contributed by atoms with E-state index in [-0.39, 0.29) is 22.8 Å². The molecule has 2 aromatic rings. The lowest BCUT2D eigenvalue weighted by molar-refractivity contribution is 0.0955. The molecule has 6 heteroatoms. The van der Waals surface area contributed by atoms with Gasteiger partial charge in [0, 0.05) is 11.1 Å². The van der Waals surface area contributed by atoms with E-state index in [0.29, 0.717) is 5.56 Å². The second kappa shape index (κ2) is 6.04. The molecule has 0 atom stereocenters. The third kappa shape index (κ3) is 3.56. The Kier molecular flexibility index (Phi) is 4.18. The molecule has 0 radical (unpaired) electrons. The number of amides is 1. The van der Waals surface area contributed by atoms with Gasteiger partial charge < -0.3 is 10.2 Å². The normalized spacial score (nSPS) is 11.2. The van der Waals surface area contributed by atoms with Gasteiger partial charge in [0.1, 0.15) is 17.3 Å². The smallest absolute Gasteiger partial charge is 0.271 e. The first-order valence-corrected chi connectivity index (χ1v) is 6.10. The van der Waals surface area contributed by atoms with Crippen LogP contribution >= 0.6 is 0 Å². The van der Waals surface area contributed by atoms with Crippen LogP contribution < -0.4 is 5.43 Å². The van der Waals surface area contributed by atoms with E-state index < -0.39 is 11.7 Å². The predicted molar refractivity (Wildman–Crippen MR) is 75.8 cm³/mol. The zero-order chi connectivity index (χ0) is 15.4. The molecule has 0 aliphatic heterocycles. The summed E-state index contributed by atoms with van der Waals surface area (Å²) in [7, 11) is 0. The number of carbonyl (C=O) groups is 1. The fourth-order valence-electron chi connectivity index (χ4n) is 1.67. The number of hydrogen-bond acceptors (Lipinski definition) is 4. The quantitative estimate of drug-likeness (QED) is 0.599. The summed E-state index contributed by atoms with van der Waals surface area (Å²) in [5, 5.41) is 22.6. The predicted octanol–water partition coefficient (Wildman–Crippen LogP) is 2.39. The first-order valence-electron chi connectivity index (χ1n) is 6.10. The Balaban J connectivity index is 2.14. The highest BCUT2D eigenvalue weighted by atomic mass is 19.1. The van der Waals surface area contributed by atoms with Gasteiger partial charge in [-0.1, -0.05) is 0 Å². The maximum absolute atomic E-state index is 13.1. The van der Waals surface area contributed by atoms with Crippen molar-refractivity contribution in [2.75, 3.05) is 0 Å². The van der Waals surface area contributed by atoms with Gasteiger partial charge in [-0.25, -0.2) is 9.82 Å². The molecule has 0 fully saturated rings. The number of aromatic hydroxyl groups is 2. The van der Waals surface area contributed by atoms with Crippen molar-refractivity contribution in [3.8, 4) is 11.5 Å². The monoisotopic (exact) mass is 288 g/mol. The van der Waals surface area contributed by atoms with Crippen LogP contribution in [0.2, 0.25) is 0 Å². The summed E-state index contributed by atoms with van der Waals surface area (Å²) >= 11 is 0. The number of nitrogens with zero attached hydrogens (tertiary/aromatic N) is 1. The summed E-state index contributed by atoms with van der Waals surface area (Å²) < 4.78 is 13.1. The van der Waals surface area contributed by atoms with Crippen molar-refractivity contribution in [2.24, 2.45) is 5.10 Å². The van der Waals surface area contributed by atoms with Crippen LogP contribution in [-0.2, 0) is 0 Å². The minimum Gasteiger partial charge on any atom is -0.508 e. The number of hydrazone groups is 1. The number of phenols is 2. The van der Waals surface area contributed by atoms with Crippen LogP contribution in [0.3, 0.4) is 0 Å².